The minimum absolute atomic E-state index is 0.0851. The lowest BCUT2D eigenvalue weighted by atomic mass is 10.0. The van der Waals surface area contributed by atoms with Crippen molar-refractivity contribution in [1.82, 2.24) is 15.0 Å². The number of aryl methyl sites for hydroxylation is 2. The number of nitrogens with one attached hydrogen (secondary N) is 2. The van der Waals surface area contributed by atoms with Crippen molar-refractivity contribution in [1.29, 1.82) is 0 Å². The number of aromatic nitrogens is 3. The van der Waals surface area contributed by atoms with Gasteiger partial charge in [-0.15, -0.1) is 10.2 Å². The number of phenols is 1. The molecule has 0 amide bonds. The van der Waals surface area contributed by atoms with E-state index < -0.39 is 30.9 Å². The molecule has 1 aromatic heterocycles. The summed E-state index contributed by atoms with van der Waals surface area (Å²) in [6, 6.07) is 8.83. The summed E-state index contributed by atoms with van der Waals surface area (Å²) in [7, 11) is -9.04. The maximum absolute atomic E-state index is 12.2. The molecule has 0 unspecified atom stereocenters. The molecular formula is C23H23ClN8O7S2. The van der Waals surface area contributed by atoms with Crippen LogP contribution in [-0.4, -0.2) is 58.3 Å². The first kappa shape index (κ1) is 29.8. The van der Waals surface area contributed by atoms with Crippen LogP contribution in [0.15, 0.2) is 51.5 Å². The predicted molar refractivity (Wildman–Crippen MR) is 153 cm³/mol. The minimum Gasteiger partial charge on any atom is -0.507 e. The number of benzene rings is 3. The quantitative estimate of drug-likeness (QED) is 0.0867. The second-order valence-corrected chi connectivity index (χ2v) is 12.1. The number of aromatic hydroxyl groups is 1. The second-order valence-electron chi connectivity index (χ2n) is 8.78. The Kier molecular flexibility index (Phi) is 8.27. The number of hydrogen-bond acceptors (Lipinski definition) is 13. The Morgan fingerprint density at radius 2 is 1.68 bits per heavy atom. The molecule has 4 aromatic rings. The molecule has 0 saturated heterocycles. The van der Waals surface area contributed by atoms with Crippen molar-refractivity contribution in [3.8, 4) is 5.75 Å². The highest BCUT2D eigenvalue weighted by Crippen LogP contribution is 2.42. The van der Waals surface area contributed by atoms with Crippen LogP contribution in [0.1, 0.15) is 11.1 Å². The van der Waals surface area contributed by atoms with Gasteiger partial charge in [-0.1, -0.05) is 6.07 Å². The summed E-state index contributed by atoms with van der Waals surface area (Å²) in [5.74, 6) is -0.980. The smallest absolute Gasteiger partial charge is 0.296 e. The number of rotatable bonds is 9. The first-order chi connectivity index (χ1) is 19.1. The van der Waals surface area contributed by atoms with E-state index in [1.54, 1.807) is 13.0 Å². The van der Waals surface area contributed by atoms with Crippen LogP contribution >= 0.6 is 11.6 Å². The lowest BCUT2D eigenvalue weighted by Crippen LogP contribution is -2.16. The molecule has 0 aliphatic rings. The summed E-state index contributed by atoms with van der Waals surface area (Å²) in [6.45, 7) is 3.33. The number of halogens is 1. The van der Waals surface area contributed by atoms with Gasteiger partial charge in [-0.25, -0.2) is 0 Å². The Morgan fingerprint density at radius 1 is 0.976 bits per heavy atom. The zero-order chi connectivity index (χ0) is 30.1. The molecule has 4 rings (SSSR count). The van der Waals surface area contributed by atoms with E-state index in [1.165, 1.54) is 18.2 Å². The Labute approximate surface area is 239 Å². The number of phenolic OH excluding ortho intramolecular Hbond substituents is 1. The van der Waals surface area contributed by atoms with E-state index in [1.807, 2.05) is 13.0 Å². The van der Waals surface area contributed by atoms with Crippen LogP contribution in [0.25, 0.3) is 10.8 Å². The second kappa shape index (κ2) is 11.4. The Hall–Kier alpha value is -4.16. The third kappa shape index (κ3) is 7.33. The molecule has 0 aliphatic carbocycles. The average molecular weight is 623 g/mol. The number of azo groups is 1. The summed E-state index contributed by atoms with van der Waals surface area (Å²) >= 11 is 5.90. The maximum atomic E-state index is 12.2. The molecule has 0 saturated carbocycles. The summed E-state index contributed by atoms with van der Waals surface area (Å²) in [5, 5.41) is 24.7. The SMILES string of the molecule is Cc1cc(O)c2c(N=Nc3ccc(Nc4nc(Cl)nc(NCCS(=O)(=O)O)n4)cc3S(=O)(=O)O)c(N)c(C)cc2c1. The van der Waals surface area contributed by atoms with Gasteiger partial charge in [-0.05, 0) is 72.3 Å². The number of anilines is 4. The molecule has 15 nitrogen and oxygen atoms in total. The molecule has 0 atom stereocenters. The molecule has 41 heavy (non-hydrogen) atoms. The Bertz CT molecular complexity index is 1920. The number of nitrogen functional groups attached to an aromatic ring is 1. The highest BCUT2D eigenvalue weighted by molar-refractivity contribution is 7.86. The zero-order valence-electron chi connectivity index (χ0n) is 21.4. The molecule has 0 radical (unpaired) electrons. The van der Waals surface area contributed by atoms with Crippen molar-refractivity contribution in [2.75, 3.05) is 28.7 Å². The van der Waals surface area contributed by atoms with Crippen LogP contribution in [0.5, 0.6) is 5.75 Å². The predicted octanol–water partition coefficient (Wildman–Crippen LogP) is 4.29. The fourth-order valence-corrected chi connectivity index (χ4v) is 4.96. The van der Waals surface area contributed by atoms with E-state index >= 15 is 0 Å². The van der Waals surface area contributed by atoms with Crippen molar-refractivity contribution >= 4 is 77.3 Å². The van der Waals surface area contributed by atoms with E-state index in [-0.39, 0.29) is 52.2 Å². The van der Waals surface area contributed by atoms with Crippen LogP contribution < -0.4 is 16.4 Å². The van der Waals surface area contributed by atoms with Crippen molar-refractivity contribution < 1.29 is 31.0 Å². The lowest BCUT2D eigenvalue weighted by Gasteiger charge is -2.12. The highest BCUT2D eigenvalue weighted by atomic mass is 35.5. The van der Waals surface area contributed by atoms with Gasteiger partial charge in [0.05, 0.1) is 16.8 Å². The van der Waals surface area contributed by atoms with E-state index in [2.05, 4.69) is 35.8 Å². The first-order valence-corrected chi connectivity index (χ1v) is 15.0. The summed E-state index contributed by atoms with van der Waals surface area (Å²) < 4.78 is 65.0. The molecule has 216 valence electrons. The Morgan fingerprint density at radius 3 is 2.37 bits per heavy atom. The molecular weight excluding hydrogens is 600 g/mol. The molecule has 0 aliphatic heterocycles. The zero-order valence-corrected chi connectivity index (χ0v) is 23.7. The van der Waals surface area contributed by atoms with Crippen LogP contribution in [0.2, 0.25) is 5.28 Å². The molecule has 1 heterocycles. The number of nitrogens with two attached hydrogens (primary N) is 1. The van der Waals surface area contributed by atoms with Crippen LogP contribution in [0, 0.1) is 13.8 Å². The van der Waals surface area contributed by atoms with Crippen LogP contribution in [0.3, 0.4) is 0 Å². The standard InChI is InChI=1S/C23H23ClN8O7S2/c1-11-7-13-9-12(2)19(25)20(18(13)16(33)8-11)32-31-15-4-3-14(10-17(15)41(37,38)39)27-23-29-21(24)28-22(30-23)26-5-6-40(34,35)36/h3-4,7-10,33H,5-6,25H2,1-2H3,(H,34,35,36)(H,37,38,39)(H2,26,27,28,29,30). The molecule has 0 bridgehead atoms. The van der Waals surface area contributed by atoms with E-state index in [4.69, 9.17) is 21.9 Å². The van der Waals surface area contributed by atoms with Crippen molar-refractivity contribution in [2.24, 2.45) is 10.2 Å². The first-order valence-electron chi connectivity index (χ1n) is 11.5. The monoisotopic (exact) mass is 622 g/mol. The van der Waals surface area contributed by atoms with Gasteiger partial charge >= 0.3 is 0 Å². The van der Waals surface area contributed by atoms with E-state index in [0.29, 0.717) is 16.3 Å². The van der Waals surface area contributed by atoms with Gasteiger partial charge in [0.2, 0.25) is 17.2 Å². The number of fused-ring (bicyclic) bond motifs is 1. The summed E-state index contributed by atoms with van der Waals surface area (Å²) in [5.41, 5.74) is 7.88. The highest BCUT2D eigenvalue weighted by Gasteiger charge is 2.19. The van der Waals surface area contributed by atoms with Gasteiger partial charge in [-0.3, -0.25) is 9.11 Å². The average Bonchev–Trinajstić information content (AvgIpc) is 2.83. The van der Waals surface area contributed by atoms with Crippen molar-refractivity contribution in [3.05, 3.63) is 52.8 Å². The molecule has 7 N–H and O–H groups in total. The molecule has 0 spiro atoms. The third-order valence-corrected chi connectivity index (χ3v) is 7.36. The van der Waals surface area contributed by atoms with Gasteiger partial charge in [0, 0.05) is 12.2 Å². The fourth-order valence-electron chi connectivity index (χ4n) is 3.79. The maximum Gasteiger partial charge on any atom is 0.296 e. The normalized spacial score (nSPS) is 12.2. The van der Waals surface area contributed by atoms with E-state index in [0.717, 1.165) is 11.6 Å². The van der Waals surface area contributed by atoms with Gasteiger partial charge in [0.15, 0.2) is 0 Å². The topological polar surface area (TPSA) is 242 Å². The third-order valence-electron chi connectivity index (χ3n) is 5.58. The molecule has 0 fully saturated rings. The number of nitrogens with zero attached hydrogens (tertiary/aromatic N) is 5. The van der Waals surface area contributed by atoms with Crippen molar-refractivity contribution in [3.63, 3.8) is 0 Å². The van der Waals surface area contributed by atoms with Crippen LogP contribution in [-0.2, 0) is 20.2 Å². The van der Waals surface area contributed by atoms with Gasteiger partial charge in [0.25, 0.3) is 20.2 Å². The largest absolute Gasteiger partial charge is 0.507 e. The van der Waals surface area contributed by atoms with Crippen LogP contribution in [0.4, 0.5) is 34.6 Å². The van der Waals surface area contributed by atoms with E-state index in [9.17, 15) is 26.5 Å². The minimum atomic E-state index is -4.82. The lowest BCUT2D eigenvalue weighted by molar-refractivity contribution is 0.480. The molecule has 3 aromatic carbocycles. The summed E-state index contributed by atoms with van der Waals surface area (Å²) in [4.78, 5) is 11.0. The van der Waals surface area contributed by atoms with Crippen molar-refractivity contribution in [2.45, 2.75) is 18.7 Å². The van der Waals surface area contributed by atoms with Gasteiger partial charge in [0.1, 0.15) is 22.0 Å². The summed E-state index contributed by atoms with van der Waals surface area (Å²) in [6.07, 6.45) is 0. The number of hydrogen-bond donors (Lipinski definition) is 6. The van der Waals surface area contributed by atoms with Gasteiger partial charge in [-0.2, -0.15) is 31.8 Å². The molecule has 18 heteroatoms. The fraction of sp³-hybridized carbons (Fsp3) is 0.174. The van der Waals surface area contributed by atoms with Gasteiger partial charge < -0.3 is 21.5 Å². The Balaban J connectivity index is 1.69.